The molecular weight excluding hydrogens is 300 g/mol. The Morgan fingerprint density at radius 1 is 1.00 bits per heavy atom. The third-order valence-corrected chi connectivity index (χ3v) is 3.71. The molecule has 0 aliphatic carbocycles. The summed E-state index contributed by atoms with van der Waals surface area (Å²) in [7, 11) is 0. The minimum atomic E-state index is -0.837. The molecule has 0 spiro atoms. The number of tetrazole rings is 1. The van der Waals surface area contributed by atoms with Crippen LogP contribution in [0.1, 0.15) is 5.56 Å². The van der Waals surface area contributed by atoms with Crippen molar-refractivity contribution in [1.29, 1.82) is 0 Å². The Morgan fingerprint density at radius 2 is 1.91 bits per heavy atom. The molecule has 5 nitrogen and oxygen atoms in total. The van der Waals surface area contributed by atoms with E-state index in [-0.39, 0.29) is 0 Å². The van der Waals surface area contributed by atoms with Gasteiger partial charge in [-0.25, -0.2) is 8.78 Å². The normalized spacial score (nSPS) is 11.2. The smallest absolute Gasteiger partial charge is 0.204 e. The van der Waals surface area contributed by atoms with Gasteiger partial charge in [-0.15, -0.1) is 10.2 Å². The molecular formula is C16H11F2N5. The van der Waals surface area contributed by atoms with Gasteiger partial charge >= 0.3 is 0 Å². The lowest BCUT2D eigenvalue weighted by atomic mass is 10.1. The van der Waals surface area contributed by atoms with Crippen LogP contribution in [-0.4, -0.2) is 25.2 Å². The number of hydrogen-bond donors (Lipinski definition) is 1. The van der Waals surface area contributed by atoms with Crippen molar-refractivity contribution in [3.63, 3.8) is 0 Å². The van der Waals surface area contributed by atoms with E-state index in [9.17, 15) is 8.78 Å². The summed E-state index contributed by atoms with van der Waals surface area (Å²) in [5.41, 5.74) is 2.54. The van der Waals surface area contributed by atoms with Gasteiger partial charge in [0.1, 0.15) is 0 Å². The van der Waals surface area contributed by atoms with Gasteiger partial charge in [0.05, 0.1) is 0 Å². The molecule has 2 heterocycles. The predicted molar refractivity (Wildman–Crippen MR) is 80.6 cm³/mol. The Hall–Kier alpha value is -3.09. The van der Waals surface area contributed by atoms with Gasteiger partial charge in [-0.3, -0.25) is 0 Å². The zero-order valence-corrected chi connectivity index (χ0v) is 11.9. The second-order valence-electron chi connectivity index (χ2n) is 5.20. The van der Waals surface area contributed by atoms with E-state index >= 15 is 0 Å². The Kier molecular flexibility index (Phi) is 3.11. The fourth-order valence-corrected chi connectivity index (χ4v) is 2.60. The molecule has 0 aliphatic heterocycles. The van der Waals surface area contributed by atoms with Gasteiger partial charge < -0.3 is 4.57 Å². The molecule has 23 heavy (non-hydrogen) atoms. The van der Waals surface area contributed by atoms with Crippen molar-refractivity contribution in [3.05, 3.63) is 65.9 Å². The molecule has 0 fully saturated rings. The first-order chi connectivity index (χ1) is 11.2. The SMILES string of the molecule is Fc1ccc(Cn2ccc3cc(-c4nn[nH]n4)ccc32)cc1F. The second-order valence-corrected chi connectivity index (χ2v) is 5.20. The minimum Gasteiger partial charge on any atom is -0.343 e. The summed E-state index contributed by atoms with van der Waals surface area (Å²) in [6, 6.07) is 11.7. The quantitative estimate of drug-likeness (QED) is 0.632. The van der Waals surface area contributed by atoms with Crippen molar-refractivity contribution < 1.29 is 8.78 Å². The summed E-state index contributed by atoms with van der Waals surface area (Å²) in [5, 5.41) is 14.9. The highest BCUT2D eigenvalue weighted by molar-refractivity contribution is 5.84. The highest BCUT2D eigenvalue weighted by Crippen LogP contribution is 2.23. The largest absolute Gasteiger partial charge is 0.343 e. The van der Waals surface area contributed by atoms with Gasteiger partial charge in [-0.2, -0.15) is 5.21 Å². The van der Waals surface area contributed by atoms with E-state index < -0.39 is 11.6 Å². The van der Waals surface area contributed by atoms with Crippen LogP contribution < -0.4 is 0 Å². The average molecular weight is 311 g/mol. The van der Waals surface area contributed by atoms with Crippen LogP contribution in [0.5, 0.6) is 0 Å². The maximum atomic E-state index is 13.3. The van der Waals surface area contributed by atoms with Crippen molar-refractivity contribution in [3.8, 4) is 11.4 Å². The second kappa shape index (κ2) is 5.28. The maximum absolute atomic E-state index is 13.3. The Morgan fingerprint density at radius 3 is 2.70 bits per heavy atom. The summed E-state index contributed by atoms with van der Waals surface area (Å²) < 4.78 is 28.3. The molecule has 2 aromatic heterocycles. The number of benzene rings is 2. The Balaban J connectivity index is 1.69. The number of H-pyrrole nitrogens is 1. The average Bonchev–Trinajstić information content (AvgIpc) is 3.21. The minimum absolute atomic E-state index is 0.461. The van der Waals surface area contributed by atoms with Gasteiger partial charge in [-0.1, -0.05) is 6.07 Å². The number of fused-ring (bicyclic) bond motifs is 1. The van der Waals surface area contributed by atoms with Crippen LogP contribution in [0, 0.1) is 11.6 Å². The number of nitrogens with one attached hydrogen (secondary N) is 1. The Labute approximate surface area is 129 Å². The van der Waals surface area contributed by atoms with Gasteiger partial charge in [0.2, 0.25) is 5.82 Å². The molecule has 0 saturated carbocycles. The van der Waals surface area contributed by atoms with Crippen LogP contribution in [0.25, 0.3) is 22.3 Å². The summed E-state index contributed by atoms with van der Waals surface area (Å²) >= 11 is 0. The topological polar surface area (TPSA) is 59.4 Å². The first-order valence-electron chi connectivity index (χ1n) is 6.97. The van der Waals surface area contributed by atoms with Crippen molar-refractivity contribution in [2.24, 2.45) is 0 Å². The van der Waals surface area contributed by atoms with Crippen molar-refractivity contribution in [2.75, 3.05) is 0 Å². The first kappa shape index (κ1) is 13.6. The number of rotatable bonds is 3. The maximum Gasteiger partial charge on any atom is 0.204 e. The van der Waals surface area contributed by atoms with Gasteiger partial charge in [0.25, 0.3) is 0 Å². The van der Waals surface area contributed by atoms with E-state index in [1.54, 1.807) is 6.07 Å². The lowest BCUT2D eigenvalue weighted by Gasteiger charge is -2.06. The van der Waals surface area contributed by atoms with Crippen LogP contribution >= 0.6 is 0 Å². The molecule has 1 N–H and O–H groups in total. The molecule has 0 unspecified atom stereocenters. The van der Waals surface area contributed by atoms with Crippen LogP contribution in [0.4, 0.5) is 8.78 Å². The van der Waals surface area contributed by atoms with E-state index in [1.807, 2.05) is 35.0 Å². The van der Waals surface area contributed by atoms with E-state index in [1.165, 1.54) is 6.07 Å². The molecule has 2 aromatic carbocycles. The third kappa shape index (κ3) is 2.46. The van der Waals surface area contributed by atoms with Crippen LogP contribution in [0.3, 0.4) is 0 Å². The molecule has 7 heteroatoms. The molecule has 0 bridgehead atoms. The lowest BCUT2D eigenvalue weighted by Crippen LogP contribution is -1.99. The van der Waals surface area contributed by atoms with E-state index in [2.05, 4.69) is 20.6 Å². The van der Waals surface area contributed by atoms with Crippen molar-refractivity contribution >= 4 is 10.9 Å². The molecule has 114 valence electrons. The number of aromatic amines is 1. The van der Waals surface area contributed by atoms with E-state index in [0.29, 0.717) is 17.9 Å². The van der Waals surface area contributed by atoms with Crippen LogP contribution in [0.2, 0.25) is 0 Å². The number of halogens is 2. The first-order valence-corrected chi connectivity index (χ1v) is 6.97. The molecule has 0 amide bonds. The lowest BCUT2D eigenvalue weighted by molar-refractivity contribution is 0.506. The standard InChI is InChI=1S/C16H11F2N5/c17-13-3-1-10(7-14(13)18)9-23-6-5-11-8-12(2-4-15(11)23)16-19-21-22-20-16/h1-8H,9H2,(H,19,20,21,22). The number of nitrogens with zero attached hydrogens (tertiary/aromatic N) is 4. The highest BCUT2D eigenvalue weighted by atomic mass is 19.2. The zero-order valence-electron chi connectivity index (χ0n) is 11.9. The fraction of sp³-hybridized carbons (Fsp3) is 0.0625. The van der Waals surface area contributed by atoms with Crippen molar-refractivity contribution in [2.45, 2.75) is 6.54 Å². The summed E-state index contributed by atoms with van der Waals surface area (Å²) in [4.78, 5) is 0. The van der Waals surface area contributed by atoms with E-state index in [4.69, 9.17) is 0 Å². The number of aromatic nitrogens is 5. The monoisotopic (exact) mass is 311 g/mol. The van der Waals surface area contributed by atoms with Crippen LogP contribution in [-0.2, 0) is 6.54 Å². The van der Waals surface area contributed by atoms with E-state index in [0.717, 1.165) is 22.5 Å². The fourth-order valence-electron chi connectivity index (χ4n) is 2.60. The molecule has 4 aromatic rings. The molecule has 0 aliphatic rings. The predicted octanol–water partition coefficient (Wildman–Crippen LogP) is 3.15. The van der Waals surface area contributed by atoms with Gasteiger partial charge in [0, 0.05) is 29.2 Å². The zero-order chi connectivity index (χ0) is 15.8. The number of hydrogen-bond acceptors (Lipinski definition) is 3. The summed E-state index contributed by atoms with van der Waals surface area (Å²) in [5.74, 6) is -1.14. The Bertz CT molecular complexity index is 975. The summed E-state index contributed by atoms with van der Waals surface area (Å²) in [6.07, 6.45) is 1.91. The van der Waals surface area contributed by atoms with Crippen LogP contribution in [0.15, 0.2) is 48.7 Å². The van der Waals surface area contributed by atoms with Gasteiger partial charge in [-0.05, 0) is 47.2 Å². The molecule has 0 radical (unpaired) electrons. The molecule has 0 atom stereocenters. The van der Waals surface area contributed by atoms with Gasteiger partial charge in [0.15, 0.2) is 11.6 Å². The molecule has 4 rings (SSSR count). The molecule has 0 saturated heterocycles. The third-order valence-electron chi connectivity index (χ3n) is 3.71. The highest BCUT2D eigenvalue weighted by Gasteiger charge is 2.08. The summed E-state index contributed by atoms with van der Waals surface area (Å²) in [6.45, 7) is 0.461. The van der Waals surface area contributed by atoms with Crippen molar-refractivity contribution in [1.82, 2.24) is 25.2 Å².